The van der Waals surface area contributed by atoms with Gasteiger partial charge in [0, 0.05) is 30.8 Å². The summed E-state index contributed by atoms with van der Waals surface area (Å²) in [5.74, 6) is 0.0873. The summed E-state index contributed by atoms with van der Waals surface area (Å²) in [6, 6.07) is 8.40. The number of fused-ring (bicyclic) bond motifs is 2. The minimum Gasteiger partial charge on any atom is -0.397 e. The molecule has 8 rings (SSSR count). The van der Waals surface area contributed by atoms with Gasteiger partial charge in [-0.25, -0.2) is 43.3 Å². The van der Waals surface area contributed by atoms with E-state index in [1.165, 1.54) is 31.8 Å². The summed E-state index contributed by atoms with van der Waals surface area (Å²) in [6.07, 6.45) is -1.05. The summed E-state index contributed by atoms with van der Waals surface area (Å²) in [5.41, 5.74) is 8.23. The molecule has 4 heterocycles. The highest BCUT2D eigenvalue weighted by atomic mass is 35.5. The summed E-state index contributed by atoms with van der Waals surface area (Å²) < 4.78 is 56.7. The summed E-state index contributed by atoms with van der Waals surface area (Å²) in [6.45, 7) is 1.93. The van der Waals surface area contributed by atoms with E-state index in [4.69, 9.17) is 22.6 Å². The lowest BCUT2D eigenvalue weighted by atomic mass is 9.92. The number of nitrogens with zero attached hydrogens (tertiary/aromatic N) is 6. The smallest absolute Gasteiger partial charge is 0.159 e. The first-order valence-electron chi connectivity index (χ1n) is 18.6. The van der Waals surface area contributed by atoms with Gasteiger partial charge >= 0.3 is 0 Å². The molecule has 60 heavy (non-hydrogen) atoms. The molecule has 0 unspecified atom stereocenters. The van der Waals surface area contributed by atoms with Crippen LogP contribution in [0.2, 0.25) is 5.15 Å². The first kappa shape index (κ1) is 46.2. The van der Waals surface area contributed by atoms with Crippen LogP contribution in [0.4, 0.5) is 23.4 Å². The number of aliphatic hydroxyl groups excluding tert-OH is 7. The lowest BCUT2D eigenvalue weighted by molar-refractivity contribution is -0.0266. The van der Waals surface area contributed by atoms with Crippen LogP contribution in [0.5, 0.6) is 0 Å². The van der Waals surface area contributed by atoms with E-state index in [0.29, 0.717) is 27.9 Å². The molecule has 12 N–H and O–H groups in total. The normalized spacial score (nSPS) is 24.5. The number of nitrogen functional groups attached to an aromatic ring is 1. The third-order valence-corrected chi connectivity index (χ3v) is 10.9. The summed E-state index contributed by atoms with van der Waals surface area (Å²) >= 11 is 6.05. The number of halogens is 5. The zero-order valence-corrected chi connectivity index (χ0v) is 32.9. The molecule has 2 fully saturated rings. The van der Waals surface area contributed by atoms with Crippen LogP contribution in [0.25, 0.3) is 22.1 Å². The molecule has 0 radical (unpaired) electrons. The average molecular weight is 864 g/mol. The van der Waals surface area contributed by atoms with E-state index in [9.17, 15) is 48.2 Å². The topological polar surface area (TPSA) is 267 Å². The first-order chi connectivity index (χ1) is 28.7. The molecule has 2 aliphatic rings. The van der Waals surface area contributed by atoms with Crippen LogP contribution in [-0.4, -0.2) is 103 Å². The van der Waals surface area contributed by atoms with Crippen molar-refractivity contribution in [1.82, 2.24) is 29.1 Å². The van der Waals surface area contributed by atoms with Crippen molar-refractivity contribution < 1.29 is 53.3 Å². The van der Waals surface area contributed by atoms with Gasteiger partial charge in [-0.2, -0.15) is 0 Å². The maximum atomic E-state index is 13.5. The maximum Gasteiger partial charge on any atom is 0.159 e. The van der Waals surface area contributed by atoms with E-state index in [1.54, 1.807) is 40.6 Å². The minimum atomic E-state index is -1.28. The third kappa shape index (κ3) is 9.22. The van der Waals surface area contributed by atoms with E-state index in [1.807, 2.05) is 0 Å². The zero-order valence-electron chi connectivity index (χ0n) is 32.2. The second-order valence-electron chi connectivity index (χ2n) is 13.9. The zero-order chi connectivity index (χ0) is 44.0. The van der Waals surface area contributed by atoms with Gasteiger partial charge in [-0.1, -0.05) is 23.7 Å². The van der Waals surface area contributed by atoms with E-state index >= 15 is 0 Å². The van der Waals surface area contributed by atoms with Crippen molar-refractivity contribution in [3.8, 4) is 0 Å². The van der Waals surface area contributed by atoms with Crippen molar-refractivity contribution in [1.29, 1.82) is 0 Å². The number of anilines is 1. The Bertz CT molecular complexity index is 2360. The lowest BCUT2D eigenvalue weighted by Crippen LogP contribution is -2.31. The summed E-state index contributed by atoms with van der Waals surface area (Å²) in [4.78, 5) is 16.3. The molecule has 0 bridgehead atoms. The molecule has 10 atom stereocenters. The molecular formula is C39H46ClF4N9O7. The van der Waals surface area contributed by atoms with Gasteiger partial charge in [-0.05, 0) is 74.3 Å². The molecule has 6 aromatic rings. The molecule has 0 aliphatic heterocycles. The van der Waals surface area contributed by atoms with Crippen molar-refractivity contribution in [2.75, 3.05) is 19.1 Å². The second kappa shape index (κ2) is 20.1. The highest BCUT2D eigenvalue weighted by molar-refractivity contribution is 6.33. The number of nitrogens with two attached hydrogens (primary N) is 2. The Morgan fingerprint density at radius 1 is 0.683 bits per heavy atom. The maximum absolute atomic E-state index is 13.5. The molecule has 2 saturated carbocycles. The van der Waals surface area contributed by atoms with E-state index in [0.717, 1.165) is 24.3 Å². The predicted octanol–water partition coefficient (Wildman–Crippen LogP) is 2.96. The number of rotatable bonds is 7. The van der Waals surface area contributed by atoms with Gasteiger partial charge in [0.15, 0.2) is 29.1 Å². The van der Waals surface area contributed by atoms with Crippen molar-refractivity contribution >= 4 is 39.5 Å². The number of hydrazine groups is 1. The van der Waals surface area contributed by atoms with E-state index in [2.05, 4.69) is 31.1 Å². The number of hydrogen-bond donors (Lipinski definition) is 10. The van der Waals surface area contributed by atoms with Gasteiger partial charge in [-0.3, -0.25) is 0 Å². The molecule has 0 spiro atoms. The van der Waals surface area contributed by atoms with E-state index in [-0.39, 0.29) is 35.7 Å². The standard InChI is InChI=1S/C18H16ClF2N3O3.C18H19F2N5O3.C2H6O.CH5N/c19-17-9-3-4-24(18(9)23-7-22-17)13-6-10(15(26)16(13)27)14(25)8-1-2-11(20)12(21)5-8;19-11-2-1-8(5-12(11)20)14(26)10-6-13(16(28)15(10)27)25-4-3-9-17(24-21)22-7-23-18(9)25;1-2-3;1-2/h1-5,7,10,13-16,25-27H,6H2;1-5,7,10,13-16,26-28H,6,21H2,(H,22,23,24);3H,2H2,1H3;2H2,1H3/t2*10-,13-,14-,15-,16+;;/m11../s1. The number of hydrogen-bond acceptors (Lipinski definition) is 14. The predicted molar refractivity (Wildman–Crippen MR) is 212 cm³/mol. The summed E-state index contributed by atoms with van der Waals surface area (Å²) in [5, 5.41) is 72.3. The number of benzene rings is 2. The molecule has 324 valence electrons. The molecule has 21 heteroatoms. The molecule has 0 amide bonds. The monoisotopic (exact) mass is 863 g/mol. The van der Waals surface area contributed by atoms with Crippen LogP contribution in [0, 0.1) is 35.1 Å². The second-order valence-corrected chi connectivity index (χ2v) is 14.3. The number of aromatic nitrogens is 6. The molecule has 4 aromatic heterocycles. The minimum absolute atomic E-state index is 0.130. The van der Waals surface area contributed by atoms with Crippen molar-refractivity contribution in [2.24, 2.45) is 23.4 Å². The van der Waals surface area contributed by atoms with Gasteiger partial charge in [-0.15, -0.1) is 0 Å². The quantitative estimate of drug-likeness (QED) is 0.0479. The Morgan fingerprint density at radius 3 is 1.53 bits per heavy atom. The Labute approximate surface area is 345 Å². The fourth-order valence-corrected chi connectivity index (χ4v) is 7.90. The average Bonchev–Trinajstić information content (AvgIpc) is 4.02. The van der Waals surface area contributed by atoms with Gasteiger partial charge in [0.1, 0.15) is 41.3 Å². The van der Waals surface area contributed by atoms with Gasteiger partial charge in [0.25, 0.3) is 0 Å². The largest absolute Gasteiger partial charge is 0.397 e. The number of aliphatic hydroxyl groups is 7. The lowest BCUT2D eigenvalue weighted by Gasteiger charge is -2.22. The van der Waals surface area contributed by atoms with Gasteiger partial charge in [0.05, 0.1) is 47.3 Å². The van der Waals surface area contributed by atoms with Crippen LogP contribution < -0.4 is 17.0 Å². The molecule has 16 nitrogen and oxygen atoms in total. The van der Waals surface area contributed by atoms with E-state index < -0.39 is 83.8 Å². The third-order valence-electron chi connectivity index (χ3n) is 10.6. The Kier molecular flexibility index (Phi) is 15.5. The molecule has 2 aromatic carbocycles. The van der Waals surface area contributed by atoms with Crippen molar-refractivity contribution in [2.45, 2.75) is 68.5 Å². The first-order valence-corrected chi connectivity index (χ1v) is 19.0. The van der Waals surface area contributed by atoms with Crippen LogP contribution in [-0.2, 0) is 0 Å². The number of nitrogens with one attached hydrogen (secondary N) is 1. The van der Waals surface area contributed by atoms with Gasteiger partial charge < -0.3 is 56.0 Å². The highest BCUT2D eigenvalue weighted by Gasteiger charge is 2.47. The fraction of sp³-hybridized carbons (Fsp3) is 0.385. The molecule has 2 aliphatic carbocycles. The molecule has 0 saturated heterocycles. The van der Waals surface area contributed by atoms with Crippen LogP contribution in [0.1, 0.15) is 55.2 Å². The molecular weight excluding hydrogens is 818 g/mol. The van der Waals surface area contributed by atoms with Crippen molar-refractivity contribution in [3.05, 3.63) is 113 Å². The van der Waals surface area contributed by atoms with Gasteiger partial charge in [0.2, 0.25) is 0 Å². The van der Waals surface area contributed by atoms with Crippen LogP contribution in [0.3, 0.4) is 0 Å². The Morgan fingerprint density at radius 2 is 1.10 bits per heavy atom. The van der Waals surface area contributed by atoms with Crippen LogP contribution >= 0.6 is 11.6 Å². The Balaban J connectivity index is 0.000000206. The highest BCUT2D eigenvalue weighted by Crippen LogP contribution is 2.45. The summed E-state index contributed by atoms with van der Waals surface area (Å²) in [7, 11) is 1.50. The Hall–Kier alpha value is -4.87. The van der Waals surface area contributed by atoms with Crippen molar-refractivity contribution in [3.63, 3.8) is 0 Å². The van der Waals surface area contributed by atoms with Crippen LogP contribution in [0.15, 0.2) is 73.6 Å². The SMILES string of the molecule is CCO.CN.NNc1ncnc2c1ccn2[C@@H]1C[C@H]([C@H](O)c2ccc(F)c(F)c2)[C@@H](O)[C@H]1O.O[C@@H]1[C@H](O)[C@@H]([C@H](O)c2ccc(F)c(F)c2)C[C@H]1n1ccc2c(Cl)ncnc21. The fourth-order valence-electron chi connectivity index (χ4n) is 7.71.